The Hall–Kier alpha value is -4.44. The predicted molar refractivity (Wildman–Crippen MR) is 136 cm³/mol. The number of pyridine rings is 1. The third kappa shape index (κ3) is 3.32. The lowest BCUT2D eigenvalue weighted by molar-refractivity contribution is 0.104. The van der Waals surface area contributed by atoms with Crippen molar-refractivity contribution in [2.75, 3.05) is 5.32 Å². The number of hydrogen-bond acceptors (Lipinski definition) is 3. The van der Waals surface area contributed by atoms with Gasteiger partial charge in [0.1, 0.15) is 0 Å². The van der Waals surface area contributed by atoms with Crippen LogP contribution in [0.25, 0.3) is 22.0 Å². The fourth-order valence-corrected chi connectivity index (χ4v) is 4.85. The van der Waals surface area contributed by atoms with Crippen molar-refractivity contribution in [1.29, 1.82) is 0 Å². The summed E-state index contributed by atoms with van der Waals surface area (Å²) >= 11 is 0. The van der Waals surface area contributed by atoms with Crippen LogP contribution in [0.3, 0.4) is 0 Å². The Labute approximate surface area is 197 Å². The lowest BCUT2D eigenvalue weighted by Crippen LogP contribution is -2.24. The number of anilines is 1. The molecule has 0 atom stereocenters. The van der Waals surface area contributed by atoms with Crippen molar-refractivity contribution in [3.05, 3.63) is 136 Å². The molecule has 4 nitrogen and oxygen atoms in total. The van der Waals surface area contributed by atoms with E-state index < -0.39 is 0 Å². The van der Waals surface area contributed by atoms with Crippen molar-refractivity contribution in [2.45, 2.75) is 13.1 Å². The molecule has 0 fully saturated rings. The maximum atomic E-state index is 13.8. The minimum atomic E-state index is -0.0774. The Morgan fingerprint density at radius 1 is 0.647 bits per heavy atom. The van der Waals surface area contributed by atoms with Gasteiger partial charge in [0.2, 0.25) is 0 Å². The minimum absolute atomic E-state index is 0.0193. The van der Waals surface area contributed by atoms with Crippen LogP contribution >= 0.6 is 0 Å². The summed E-state index contributed by atoms with van der Waals surface area (Å²) in [6.45, 7) is 1.05. The number of aromatic nitrogens is 1. The van der Waals surface area contributed by atoms with Gasteiger partial charge in [-0.3, -0.25) is 9.59 Å². The van der Waals surface area contributed by atoms with Gasteiger partial charge in [0.25, 0.3) is 5.56 Å². The quantitative estimate of drug-likeness (QED) is 0.363. The zero-order valence-corrected chi connectivity index (χ0v) is 18.5. The van der Waals surface area contributed by atoms with Gasteiger partial charge in [-0.05, 0) is 34.4 Å². The van der Waals surface area contributed by atoms with Crippen LogP contribution in [0.5, 0.6) is 0 Å². The Morgan fingerprint density at radius 2 is 1.29 bits per heavy atom. The van der Waals surface area contributed by atoms with E-state index in [1.807, 2.05) is 84.9 Å². The highest BCUT2D eigenvalue weighted by Crippen LogP contribution is 2.41. The fraction of sp³-hybridized carbons (Fsp3) is 0.0667. The van der Waals surface area contributed by atoms with E-state index in [1.165, 1.54) is 0 Å². The number of hydrogen-bond donors (Lipinski definition) is 1. The van der Waals surface area contributed by atoms with E-state index in [0.29, 0.717) is 24.2 Å². The zero-order valence-electron chi connectivity index (χ0n) is 18.5. The van der Waals surface area contributed by atoms with Crippen LogP contribution in [-0.2, 0) is 13.1 Å². The molecule has 4 aromatic carbocycles. The van der Waals surface area contributed by atoms with Crippen LogP contribution in [0.2, 0.25) is 0 Å². The van der Waals surface area contributed by atoms with Crippen LogP contribution in [0.4, 0.5) is 5.69 Å². The van der Waals surface area contributed by atoms with E-state index in [9.17, 15) is 9.59 Å². The second kappa shape index (κ2) is 8.16. The van der Waals surface area contributed by atoms with Gasteiger partial charge >= 0.3 is 0 Å². The Balaban J connectivity index is 1.57. The number of benzene rings is 4. The monoisotopic (exact) mass is 442 g/mol. The van der Waals surface area contributed by atoms with Crippen molar-refractivity contribution in [3.8, 4) is 11.1 Å². The standard InChI is InChI=1S/C30H22N2O2/c33-27-17-24-22-13-7-8-14-23(22)30(34)29-25(31-18-20-9-3-1-4-10-20)15-16-26(28(24)29)32(27)19-21-11-5-2-6-12-21/h1-17,31H,18-19H2. The van der Waals surface area contributed by atoms with Crippen molar-refractivity contribution in [2.24, 2.45) is 0 Å². The molecule has 34 heavy (non-hydrogen) atoms. The first-order valence-corrected chi connectivity index (χ1v) is 11.4. The third-order valence-electron chi connectivity index (χ3n) is 6.48. The maximum Gasteiger partial charge on any atom is 0.251 e. The van der Waals surface area contributed by atoms with Crippen LogP contribution in [0.1, 0.15) is 27.0 Å². The van der Waals surface area contributed by atoms with Gasteiger partial charge in [-0.2, -0.15) is 0 Å². The summed E-state index contributed by atoms with van der Waals surface area (Å²) in [6.07, 6.45) is 0. The molecule has 0 spiro atoms. The molecule has 164 valence electrons. The van der Waals surface area contributed by atoms with Crippen LogP contribution in [0.15, 0.2) is 108 Å². The third-order valence-corrected chi connectivity index (χ3v) is 6.48. The molecule has 0 radical (unpaired) electrons. The molecule has 0 aliphatic heterocycles. The first-order chi connectivity index (χ1) is 16.7. The van der Waals surface area contributed by atoms with Gasteiger partial charge in [-0.25, -0.2) is 0 Å². The molecule has 0 amide bonds. The van der Waals surface area contributed by atoms with Crippen LogP contribution in [0, 0.1) is 0 Å². The first-order valence-electron chi connectivity index (χ1n) is 11.4. The van der Waals surface area contributed by atoms with Crippen molar-refractivity contribution < 1.29 is 4.79 Å². The average Bonchev–Trinajstić information content (AvgIpc) is 2.89. The fourth-order valence-electron chi connectivity index (χ4n) is 4.85. The molecular weight excluding hydrogens is 420 g/mol. The predicted octanol–water partition coefficient (Wildman–Crippen LogP) is 5.87. The molecule has 4 heteroatoms. The lowest BCUT2D eigenvalue weighted by Gasteiger charge is -2.24. The highest BCUT2D eigenvalue weighted by Gasteiger charge is 2.29. The number of carbonyl (C=O) groups excluding carboxylic acids is 1. The van der Waals surface area contributed by atoms with E-state index in [1.54, 1.807) is 10.6 Å². The van der Waals surface area contributed by atoms with E-state index in [0.717, 1.165) is 38.8 Å². The highest BCUT2D eigenvalue weighted by molar-refractivity contribution is 6.28. The van der Waals surface area contributed by atoms with Gasteiger partial charge < -0.3 is 9.88 Å². The van der Waals surface area contributed by atoms with E-state index >= 15 is 0 Å². The number of carbonyl (C=O) groups is 1. The molecule has 1 aliphatic carbocycles. The molecule has 1 heterocycles. The second-order valence-corrected chi connectivity index (χ2v) is 8.56. The maximum absolute atomic E-state index is 13.8. The van der Waals surface area contributed by atoms with Gasteiger partial charge in [0.05, 0.1) is 17.6 Å². The smallest absolute Gasteiger partial charge is 0.251 e. The zero-order chi connectivity index (χ0) is 23.1. The number of ketones is 1. The molecule has 0 unspecified atom stereocenters. The van der Waals surface area contributed by atoms with Gasteiger partial charge in [-0.1, -0.05) is 84.9 Å². The molecule has 0 saturated carbocycles. The summed E-state index contributed by atoms with van der Waals surface area (Å²) in [6, 6.07) is 33.1. The Morgan fingerprint density at radius 3 is 2.03 bits per heavy atom. The van der Waals surface area contributed by atoms with Crippen LogP contribution in [-0.4, -0.2) is 10.4 Å². The Bertz CT molecular complexity index is 1600. The lowest BCUT2D eigenvalue weighted by atomic mass is 9.83. The molecule has 6 rings (SSSR count). The van der Waals surface area contributed by atoms with E-state index in [4.69, 9.17) is 0 Å². The molecule has 0 bridgehead atoms. The summed E-state index contributed by atoms with van der Waals surface area (Å²) < 4.78 is 1.76. The van der Waals surface area contributed by atoms with E-state index in [-0.39, 0.29) is 11.3 Å². The topological polar surface area (TPSA) is 51.1 Å². The molecule has 1 aliphatic rings. The number of fused-ring (bicyclic) bond motifs is 2. The summed E-state index contributed by atoms with van der Waals surface area (Å²) in [5, 5.41) is 4.30. The van der Waals surface area contributed by atoms with Crippen molar-refractivity contribution in [3.63, 3.8) is 0 Å². The number of rotatable bonds is 5. The Kier molecular flexibility index (Phi) is 4.84. The number of nitrogens with zero attached hydrogens (tertiary/aromatic N) is 1. The highest BCUT2D eigenvalue weighted by atomic mass is 16.1. The average molecular weight is 443 g/mol. The summed E-state index contributed by atoms with van der Waals surface area (Å²) in [4.78, 5) is 27.1. The summed E-state index contributed by atoms with van der Waals surface area (Å²) in [5.74, 6) is -0.0193. The molecule has 1 N–H and O–H groups in total. The van der Waals surface area contributed by atoms with Gasteiger partial charge in [0, 0.05) is 29.2 Å². The van der Waals surface area contributed by atoms with Crippen LogP contribution < -0.4 is 10.9 Å². The largest absolute Gasteiger partial charge is 0.380 e. The van der Waals surface area contributed by atoms with E-state index in [2.05, 4.69) is 17.4 Å². The number of nitrogens with one attached hydrogen (secondary N) is 1. The molecular formula is C30H22N2O2. The summed E-state index contributed by atoms with van der Waals surface area (Å²) in [5.41, 5.74) is 6.53. The van der Waals surface area contributed by atoms with Gasteiger partial charge in [-0.15, -0.1) is 0 Å². The molecule has 0 saturated heterocycles. The summed E-state index contributed by atoms with van der Waals surface area (Å²) in [7, 11) is 0. The SMILES string of the molecule is O=C1c2ccccc2-c2cc(=O)n(Cc3ccccc3)c3ccc(NCc4ccccc4)c1c23. The minimum Gasteiger partial charge on any atom is -0.380 e. The van der Waals surface area contributed by atoms with Gasteiger partial charge in [0.15, 0.2) is 5.78 Å². The second-order valence-electron chi connectivity index (χ2n) is 8.56. The first kappa shape index (κ1) is 20.2. The normalized spacial score (nSPS) is 11.9. The molecule has 1 aromatic heterocycles. The van der Waals surface area contributed by atoms with Crippen molar-refractivity contribution >= 4 is 22.4 Å². The molecule has 5 aromatic rings. The van der Waals surface area contributed by atoms with Crippen molar-refractivity contribution in [1.82, 2.24) is 4.57 Å².